The first-order valence-electron chi connectivity index (χ1n) is 2.61. The van der Waals surface area contributed by atoms with Gasteiger partial charge in [-0.1, -0.05) is 6.07 Å². The van der Waals surface area contributed by atoms with Crippen LogP contribution in [0.5, 0.6) is 0 Å². The summed E-state index contributed by atoms with van der Waals surface area (Å²) in [6.45, 7) is 0. The highest BCUT2D eigenvalue weighted by Gasteiger charge is 1.94. The van der Waals surface area contributed by atoms with Crippen molar-refractivity contribution in [2.24, 2.45) is 0 Å². The summed E-state index contributed by atoms with van der Waals surface area (Å²) in [6, 6.07) is 5.19. The lowest BCUT2D eigenvalue weighted by Gasteiger charge is -2.00. The van der Waals surface area contributed by atoms with Gasteiger partial charge in [0, 0.05) is 0 Å². The summed E-state index contributed by atoms with van der Waals surface area (Å²) in [7, 11) is 0. The Morgan fingerprint density at radius 2 is 1.30 bits per heavy atom. The van der Waals surface area contributed by atoms with E-state index in [-0.39, 0.29) is 6.15 Å². The van der Waals surface area contributed by atoms with E-state index < -0.39 is 0 Å². The number of nitrogen functional groups attached to an aromatic ring is 3. The van der Waals surface area contributed by atoms with E-state index in [0.29, 0.717) is 17.1 Å². The molecule has 1 rings (SSSR count). The van der Waals surface area contributed by atoms with E-state index in [1.807, 2.05) is 0 Å². The molecule has 0 atom stereocenters. The molecule has 0 heterocycles. The summed E-state index contributed by atoms with van der Waals surface area (Å²) in [5.74, 6) is 0. The van der Waals surface area contributed by atoms with Crippen molar-refractivity contribution in [2.45, 2.75) is 0 Å². The fourth-order valence-corrected chi connectivity index (χ4v) is 0.602. The molecule has 9 N–H and O–H groups in total. The highest BCUT2D eigenvalue weighted by atomic mass is 14.7. The van der Waals surface area contributed by atoms with Crippen molar-refractivity contribution in [3.63, 3.8) is 0 Å². The number of para-hydroxylation sites is 1. The van der Waals surface area contributed by atoms with Crippen molar-refractivity contribution >= 4 is 17.1 Å². The molecule has 1 aromatic rings. The van der Waals surface area contributed by atoms with Gasteiger partial charge in [-0.3, -0.25) is 0 Å². The molecule has 0 saturated carbocycles. The van der Waals surface area contributed by atoms with E-state index in [4.69, 9.17) is 17.2 Å². The number of hydrogen-bond acceptors (Lipinski definition) is 4. The van der Waals surface area contributed by atoms with Crippen LogP contribution in [0.1, 0.15) is 0 Å². The monoisotopic (exact) mass is 140 g/mol. The predicted molar refractivity (Wildman–Crippen MR) is 44.7 cm³/mol. The third kappa shape index (κ3) is 1.29. The van der Waals surface area contributed by atoms with Crippen LogP contribution in [0.4, 0.5) is 17.1 Å². The van der Waals surface area contributed by atoms with Gasteiger partial charge >= 0.3 is 0 Å². The summed E-state index contributed by atoms with van der Waals surface area (Å²) < 4.78 is 0. The van der Waals surface area contributed by atoms with Crippen molar-refractivity contribution in [1.29, 1.82) is 0 Å². The number of hydrogen-bond donors (Lipinski definition) is 4. The zero-order valence-corrected chi connectivity index (χ0v) is 5.67. The normalized spacial score (nSPS) is 8.40. The minimum Gasteiger partial charge on any atom is -0.397 e. The molecule has 0 radical (unpaired) electrons. The van der Waals surface area contributed by atoms with Crippen LogP contribution in [0.2, 0.25) is 0 Å². The van der Waals surface area contributed by atoms with E-state index in [1.54, 1.807) is 18.2 Å². The molecule has 0 aliphatic heterocycles. The Morgan fingerprint density at radius 3 is 1.60 bits per heavy atom. The van der Waals surface area contributed by atoms with Gasteiger partial charge in [-0.05, 0) is 12.1 Å². The molecule has 0 bridgehead atoms. The van der Waals surface area contributed by atoms with Crippen LogP contribution in [0, 0.1) is 0 Å². The van der Waals surface area contributed by atoms with Gasteiger partial charge in [0.25, 0.3) is 0 Å². The number of rotatable bonds is 0. The molecular weight excluding hydrogens is 128 g/mol. The van der Waals surface area contributed by atoms with Gasteiger partial charge in [0.05, 0.1) is 17.1 Å². The molecule has 56 valence electrons. The van der Waals surface area contributed by atoms with Gasteiger partial charge in [0.1, 0.15) is 0 Å². The summed E-state index contributed by atoms with van der Waals surface area (Å²) in [6.07, 6.45) is 0. The minimum atomic E-state index is 0. The van der Waals surface area contributed by atoms with Gasteiger partial charge in [-0.15, -0.1) is 0 Å². The lowest BCUT2D eigenvalue weighted by molar-refractivity contribution is 1.65. The largest absolute Gasteiger partial charge is 0.397 e. The molecule has 0 aliphatic carbocycles. The van der Waals surface area contributed by atoms with Crippen molar-refractivity contribution in [2.75, 3.05) is 17.2 Å². The maximum Gasteiger partial charge on any atom is 0.0781 e. The van der Waals surface area contributed by atoms with Crippen LogP contribution >= 0.6 is 0 Å². The van der Waals surface area contributed by atoms with E-state index >= 15 is 0 Å². The smallest absolute Gasteiger partial charge is 0.0781 e. The first-order chi connectivity index (χ1) is 4.22. The molecule has 0 fully saturated rings. The second-order valence-electron chi connectivity index (χ2n) is 1.85. The predicted octanol–water partition coefficient (Wildman–Crippen LogP) is 0.595. The molecule has 0 spiro atoms. The lowest BCUT2D eigenvalue weighted by Crippen LogP contribution is -1.98. The fourth-order valence-electron chi connectivity index (χ4n) is 0.602. The lowest BCUT2D eigenvalue weighted by atomic mass is 10.2. The molecule has 1 aromatic carbocycles. The van der Waals surface area contributed by atoms with Crippen LogP contribution in [-0.4, -0.2) is 0 Å². The minimum absolute atomic E-state index is 0. The van der Waals surface area contributed by atoms with Crippen molar-refractivity contribution in [3.05, 3.63) is 18.2 Å². The summed E-state index contributed by atoms with van der Waals surface area (Å²) in [4.78, 5) is 0. The first-order valence-corrected chi connectivity index (χ1v) is 2.61. The summed E-state index contributed by atoms with van der Waals surface area (Å²) in [5.41, 5.74) is 17.8. The molecule has 0 unspecified atom stereocenters. The molecule has 0 aliphatic rings. The molecular formula is C6H12N4. The topological polar surface area (TPSA) is 113 Å². The Labute approximate surface area is 59.6 Å². The molecule has 10 heavy (non-hydrogen) atoms. The van der Waals surface area contributed by atoms with Crippen molar-refractivity contribution in [3.8, 4) is 0 Å². The van der Waals surface area contributed by atoms with E-state index in [9.17, 15) is 0 Å². The van der Waals surface area contributed by atoms with Crippen LogP contribution in [-0.2, 0) is 0 Å². The average molecular weight is 140 g/mol. The highest BCUT2D eigenvalue weighted by Crippen LogP contribution is 2.20. The third-order valence-electron chi connectivity index (χ3n) is 1.17. The van der Waals surface area contributed by atoms with Gasteiger partial charge in [-0.2, -0.15) is 0 Å². The fraction of sp³-hybridized carbons (Fsp3) is 0. The van der Waals surface area contributed by atoms with Crippen LogP contribution in [0.15, 0.2) is 18.2 Å². The Hall–Kier alpha value is -1.42. The second-order valence-corrected chi connectivity index (χ2v) is 1.85. The third-order valence-corrected chi connectivity index (χ3v) is 1.17. The van der Waals surface area contributed by atoms with Crippen LogP contribution in [0.25, 0.3) is 0 Å². The van der Waals surface area contributed by atoms with Gasteiger partial charge < -0.3 is 23.4 Å². The van der Waals surface area contributed by atoms with Crippen LogP contribution < -0.4 is 23.4 Å². The molecule has 4 nitrogen and oxygen atoms in total. The molecule has 0 saturated heterocycles. The van der Waals surface area contributed by atoms with E-state index in [1.165, 1.54) is 0 Å². The molecule has 0 aromatic heterocycles. The molecule has 4 heteroatoms. The number of benzene rings is 1. The maximum atomic E-state index is 5.43. The Kier molecular flexibility index (Phi) is 2.52. The second kappa shape index (κ2) is 2.93. The molecule has 0 amide bonds. The average Bonchev–Trinajstić information content (AvgIpc) is 1.83. The Morgan fingerprint density at radius 1 is 0.900 bits per heavy atom. The van der Waals surface area contributed by atoms with Crippen molar-refractivity contribution in [1.82, 2.24) is 6.15 Å². The SMILES string of the molecule is N.Nc1cccc(N)c1N. The van der Waals surface area contributed by atoms with Gasteiger partial charge in [0.15, 0.2) is 0 Å². The quantitative estimate of drug-likeness (QED) is 0.395. The van der Waals surface area contributed by atoms with Gasteiger partial charge in [0.2, 0.25) is 0 Å². The zero-order valence-electron chi connectivity index (χ0n) is 5.67. The van der Waals surface area contributed by atoms with E-state index in [2.05, 4.69) is 0 Å². The zero-order chi connectivity index (χ0) is 6.85. The van der Waals surface area contributed by atoms with Gasteiger partial charge in [-0.25, -0.2) is 0 Å². The number of anilines is 3. The van der Waals surface area contributed by atoms with E-state index in [0.717, 1.165) is 0 Å². The van der Waals surface area contributed by atoms with Crippen molar-refractivity contribution < 1.29 is 0 Å². The highest BCUT2D eigenvalue weighted by molar-refractivity contribution is 5.76. The maximum absolute atomic E-state index is 5.43. The Balaban J connectivity index is 0.000000810. The number of nitrogens with two attached hydrogens (primary N) is 3. The standard InChI is InChI=1S/C6H9N3.H3N/c7-4-2-1-3-5(8)6(4)9;/h1-3H,7-9H2;1H3. The summed E-state index contributed by atoms with van der Waals surface area (Å²) in [5, 5.41) is 0. The Bertz CT molecular complexity index is 201. The summed E-state index contributed by atoms with van der Waals surface area (Å²) >= 11 is 0. The first kappa shape index (κ1) is 8.58. The van der Waals surface area contributed by atoms with Crippen LogP contribution in [0.3, 0.4) is 0 Å².